The number of carbonyl (C=O) groups excluding carboxylic acids is 1. The minimum atomic E-state index is -3.73. The van der Waals surface area contributed by atoms with Gasteiger partial charge in [-0.2, -0.15) is 0 Å². The maximum atomic E-state index is 12.6. The molecule has 0 saturated heterocycles. The Hall–Kier alpha value is -3.43. The summed E-state index contributed by atoms with van der Waals surface area (Å²) < 4.78 is 28.6. The molecule has 3 N–H and O–H groups in total. The summed E-state index contributed by atoms with van der Waals surface area (Å²) in [6.07, 6.45) is 0. The maximum Gasteiger partial charge on any atom is 0.323 e. The summed E-state index contributed by atoms with van der Waals surface area (Å²) in [5.41, 5.74) is 4.95. The number of hydrogen-bond donors (Lipinski definition) is 3. The lowest BCUT2D eigenvalue weighted by Crippen LogP contribution is -2.19. The van der Waals surface area contributed by atoms with Crippen LogP contribution in [0, 0.1) is 20.8 Å². The molecule has 4 rings (SSSR count). The number of anilines is 3. The van der Waals surface area contributed by atoms with Crippen molar-refractivity contribution in [2.24, 2.45) is 0 Å². The van der Waals surface area contributed by atoms with Crippen LogP contribution >= 0.6 is 11.3 Å². The Labute approximate surface area is 190 Å². The number of thiazole rings is 1. The smallest absolute Gasteiger partial charge is 0.308 e. The molecule has 1 aromatic heterocycles. The van der Waals surface area contributed by atoms with Crippen LogP contribution in [0.4, 0.5) is 21.3 Å². The van der Waals surface area contributed by atoms with Crippen molar-refractivity contribution in [3.63, 3.8) is 0 Å². The van der Waals surface area contributed by atoms with Gasteiger partial charge in [-0.15, -0.1) is 0 Å². The van der Waals surface area contributed by atoms with Crippen molar-refractivity contribution in [1.29, 1.82) is 0 Å². The molecule has 0 aliphatic heterocycles. The summed E-state index contributed by atoms with van der Waals surface area (Å²) in [4.78, 5) is 16.9. The number of rotatable bonds is 5. The molecule has 0 aliphatic carbocycles. The molecule has 9 heteroatoms. The average Bonchev–Trinajstić information content (AvgIpc) is 3.08. The fraction of sp³-hybridized carbons (Fsp3) is 0.130. The molecule has 164 valence electrons. The highest BCUT2D eigenvalue weighted by Crippen LogP contribution is 2.30. The molecular weight excluding hydrogens is 444 g/mol. The number of nitrogens with zero attached hydrogens (tertiary/aromatic N) is 1. The van der Waals surface area contributed by atoms with Crippen LogP contribution in [0.15, 0.2) is 65.6 Å². The Morgan fingerprint density at radius 3 is 2.16 bits per heavy atom. The Morgan fingerprint density at radius 1 is 0.812 bits per heavy atom. The lowest BCUT2D eigenvalue weighted by atomic mass is 10.1. The third-order valence-electron chi connectivity index (χ3n) is 4.68. The fourth-order valence-corrected chi connectivity index (χ4v) is 5.36. The van der Waals surface area contributed by atoms with Gasteiger partial charge in [-0.1, -0.05) is 35.1 Å². The first-order chi connectivity index (χ1) is 15.2. The van der Waals surface area contributed by atoms with Crippen molar-refractivity contribution >= 4 is 54.1 Å². The lowest BCUT2D eigenvalue weighted by molar-refractivity contribution is 0.262. The molecule has 3 aromatic carbocycles. The number of benzene rings is 3. The summed E-state index contributed by atoms with van der Waals surface area (Å²) in [5, 5.41) is 5.87. The molecule has 0 atom stereocenters. The number of hydrogen-bond acceptors (Lipinski definition) is 5. The average molecular weight is 467 g/mol. The number of aromatic nitrogens is 1. The Kier molecular flexibility index (Phi) is 5.86. The predicted octanol–water partition coefficient (Wildman–Crippen LogP) is 5.67. The monoisotopic (exact) mass is 466 g/mol. The largest absolute Gasteiger partial charge is 0.323 e. The van der Waals surface area contributed by atoms with Gasteiger partial charge in [0.15, 0.2) is 5.13 Å². The van der Waals surface area contributed by atoms with Crippen LogP contribution in [0.2, 0.25) is 0 Å². The lowest BCUT2D eigenvalue weighted by Gasteiger charge is -2.09. The van der Waals surface area contributed by atoms with Gasteiger partial charge in [0.1, 0.15) is 0 Å². The maximum absolute atomic E-state index is 12.6. The van der Waals surface area contributed by atoms with E-state index in [0.717, 1.165) is 21.4 Å². The second kappa shape index (κ2) is 8.60. The molecule has 0 aliphatic rings. The van der Waals surface area contributed by atoms with Gasteiger partial charge in [0, 0.05) is 11.4 Å². The van der Waals surface area contributed by atoms with E-state index in [0.29, 0.717) is 16.9 Å². The number of aryl methyl sites for hydroxylation is 3. The van der Waals surface area contributed by atoms with Crippen LogP contribution in [0.5, 0.6) is 0 Å². The van der Waals surface area contributed by atoms with Gasteiger partial charge in [0.2, 0.25) is 0 Å². The fourth-order valence-electron chi connectivity index (χ4n) is 3.28. The minimum absolute atomic E-state index is 0.174. The predicted molar refractivity (Wildman–Crippen MR) is 130 cm³/mol. The zero-order valence-corrected chi connectivity index (χ0v) is 19.4. The van der Waals surface area contributed by atoms with Crippen LogP contribution in [-0.2, 0) is 10.0 Å². The molecule has 0 fully saturated rings. The summed E-state index contributed by atoms with van der Waals surface area (Å²) >= 11 is 1.23. The standard InChI is InChI=1S/C23H22N4O3S2/c1-14-4-7-19(8-5-14)32(29,30)27-23-26-20-13-17(6-9-21(20)31-23)24-22(28)25-18-11-15(2)10-16(3)12-18/h4-13H,1-3H3,(H,26,27)(H2,24,25,28). The van der Waals surface area contributed by atoms with E-state index in [9.17, 15) is 13.2 Å². The third kappa shape index (κ3) is 5.06. The molecule has 0 bridgehead atoms. The van der Waals surface area contributed by atoms with Gasteiger partial charge in [-0.3, -0.25) is 4.72 Å². The van der Waals surface area contributed by atoms with E-state index in [1.807, 2.05) is 39.0 Å². The normalized spacial score (nSPS) is 11.3. The van der Waals surface area contributed by atoms with E-state index in [2.05, 4.69) is 20.3 Å². The number of carbonyl (C=O) groups is 1. The van der Waals surface area contributed by atoms with Gasteiger partial charge in [0.25, 0.3) is 10.0 Å². The number of amides is 2. The van der Waals surface area contributed by atoms with Gasteiger partial charge in [-0.05, 0) is 74.4 Å². The van der Waals surface area contributed by atoms with Crippen LogP contribution in [0.25, 0.3) is 10.2 Å². The molecule has 1 heterocycles. The molecule has 0 spiro atoms. The molecule has 2 amide bonds. The molecular formula is C23H22N4O3S2. The van der Waals surface area contributed by atoms with Crippen molar-refractivity contribution in [1.82, 2.24) is 4.98 Å². The summed E-state index contributed by atoms with van der Waals surface area (Å²) in [6.45, 7) is 5.83. The quantitative estimate of drug-likeness (QED) is 0.353. The zero-order valence-electron chi connectivity index (χ0n) is 17.8. The van der Waals surface area contributed by atoms with E-state index < -0.39 is 10.0 Å². The van der Waals surface area contributed by atoms with Gasteiger partial charge >= 0.3 is 6.03 Å². The van der Waals surface area contributed by atoms with Crippen LogP contribution < -0.4 is 15.4 Å². The van der Waals surface area contributed by atoms with E-state index in [1.54, 1.807) is 42.5 Å². The Morgan fingerprint density at radius 2 is 1.47 bits per heavy atom. The number of sulfonamides is 1. The summed E-state index contributed by atoms with van der Waals surface area (Å²) in [5.74, 6) is 0. The van der Waals surface area contributed by atoms with Gasteiger partial charge in [-0.25, -0.2) is 18.2 Å². The first-order valence-electron chi connectivity index (χ1n) is 9.84. The first-order valence-corrected chi connectivity index (χ1v) is 12.1. The van der Waals surface area contributed by atoms with Crippen LogP contribution in [0.1, 0.15) is 16.7 Å². The van der Waals surface area contributed by atoms with Gasteiger partial charge in [0.05, 0.1) is 15.1 Å². The minimum Gasteiger partial charge on any atom is -0.308 e. The molecule has 32 heavy (non-hydrogen) atoms. The first kappa shape index (κ1) is 21.8. The van der Waals surface area contributed by atoms with Crippen molar-refractivity contribution < 1.29 is 13.2 Å². The highest BCUT2D eigenvalue weighted by atomic mass is 32.2. The van der Waals surface area contributed by atoms with Crippen molar-refractivity contribution in [2.45, 2.75) is 25.7 Å². The molecule has 0 unspecified atom stereocenters. The van der Waals surface area contributed by atoms with Crippen LogP contribution in [-0.4, -0.2) is 19.4 Å². The van der Waals surface area contributed by atoms with E-state index in [4.69, 9.17) is 0 Å². The molecule has 7 nitrogen and oxygen atoms in total. The Balaban J connectivity index is 1.49. The topological polar surface area (TPSA) is 100 Å². The molecule has 4 aromatic rings. The van der Waals surface area contributed by atoms with Crippen molar-refractivity contribution in [3.8, 4) is 0 Å². The van der Waals surface area contributed by atoms with E-state index >= 15 is 0 Å². The highest BCUT2D eigenvalue weighted by Gasteiger charge is 2.16. The third-order valence-corrected chi connectivity index (χ3v) is 7.11. The van der Waals surface area contributed by atoms with Crippen LogP contribution in [0.3, 0.4) is 0 Å². The number of nitrogens with one attached hydrogen (secondary N) is 3. The Bertz CT molecular complexity index is 1390. The summed E-state index contributed by atoms with van der Waals surface area (Å²) in [7, 11) is -3.73. The zero-order chi connectivity index (χ0) is 22.9. The molecule has 0 radical (unpaired) electrons. The van der Waals surface area contributed by atoms with E-state index in [-0.39, 0.29) is 16.1 Å². The second-order valence-corrected chi connectivity index (χ2v) is 10.3. The van der Waals surface area contributed by atoms with E-state index in [1.165, 1.54) is 11.3 Å². The van der Waals surface area contributed by atoms with Crippen molar-refractivity contribution in [2.75, 3.05) is 15.4 Å². The number of fused-ring (bicyclic) bond motifs is 1. The highest BCUT2D eigenvalue weighted by molar-refractivity contribution is 7.93. The number of urea groups is 1. The van der Waals surface area contributed by atoms with Gasteiger partial charge < -0.3 is 10.6 Å². The second-order valence-electron chi connectivity index (χ2n) is 7.58. The molecule has 0 saturated carbocycles. The summed E-state index contributed by atoms with van der Waals surface area (Å²) in [6, 6.07) is 17.3. The SMILES string of the molecule is Cc1ccc(S(=O)(=O)Nc2nc3cc(NC(=O)Nc4cc(C)cc(C)c4)ccc3s2)cc1. The van der Waals surface area contributed by atoms with Crippen molar-refractivity contribution in [3.05, 3.63) is 77.4 Å².